The number of carbonyl (C=O) groups is 1. The maximum absolute atomic E-state index is 12.9. The fourth-order valence-corrected chi connectivity index (χ4v) is 2.38. The van der Waals surface area contributed by atoms with Crippen LogP contribution < -0.4 is 11.3 Å². The Labute approximate surface area is 136 Å². The van der Waals surface area contributed by atoms with Crippen molar-refractivity contribution in [1.29, 1.82) is 0 Å². The van der Waals surface area contributed by atoms with Crippen molar-refractivity contribution in [1.82, 2.24) is 9.55 Å². The van der Waals surface area contributed by atoms with Crippen molar-refractivity contribution in [3.8, 4) is 0 Å². The number of nitrogens with two attached hydrogens (primary N) is 1. The molecule has 0 fully saturated rings. The summed E-state index contributed by atoms with van der Waals surface area (Å²) in [7, 11) is 0. The summed E-state index contributed by atoms with van der Waals surface area (Å²) in [5.74, 6) is -0.943. The van der Waals surface area contributed by atoms with Gasteiger partial charge in [0, 0.05) is 0 Å². The lowest BCUT2D eigenvalue weighted by molar-refractivity contribution is -0.118. The third-order valence-electron chi connectivity index (χ3n) is 3.50. The summed E-state index contributed by atoms with van der Waals surface area (Å²) in [6.45, 7) is -0.223. The number of amides is 1. The molecule has 0 aliphatic rings. The first kappa shape index (κ1) is 15.6. The first-order valence-corrected chi connectivity index (χ1v) is 7.26. The molecule has 0 saturated heterocycles. The molecular formula is C18H14FN3O2. The molecule has 1 heterocycles. The predicted molar refractivity (Wildman–Crippen MR) is 90.5 cm³/mol. The number of benzene rings is 2. The van der Waals surface area contributed by atoms with E-state index in [1.807, 2.05) is 0 Å². The number of hydrogen-bond acceptors (Lipinski definition) is 3. The lowest BCUT2D eigenvalue weighted by atomic mass is 10.2. The van der Waals surface area contributed by atoms with Gasteiger partial charge in [-0.25, -0.2) is 9.37 Å². The highest BCUT2D eigenvalue weighted by Gasteiger charge is 2.10. The van der Waals surface area contributed by atoms with Crippen LogP contribution in [0.5, 0.6) is 0 Å². The Hall–Kier alpha value is -3.28. The third-order valence-corrected chi connectivity index (χ3v) is 3.50. The van der Waals surface area contributed by atoms with Crippen molar-refractivity contribution in [3.05, 3.63) is 76.0 Å². The molecule has 3 rings (SSSR count). The zero-order valence-corrected chi connectivity index (χ0v) is 12.6. The molecule has 3 aromatic rings. The number of carbonyl (C=O) groups excluding carboxylic acids is 1. The summed E-state index contributed by atoms with van der Waals surface area (Å²) in [6.07, 6.45) is 3.20. The molecule has 120 valence electrons. The van der Waals surface area contributed by atoms with Gasteiger partial charge in [0.2, 0.25) is 5.91 Å². The van der Waals surface area contributed by atoms with Crippen LogP contribution in [-0.2, 0) is 11.3 Å². The summed E-state index contributed by atoms with van der Waals surface area (Å²) in [6, 6.07) is 12.9. The smallest absolute Gasteiger partial charge is 0.277 e. The van der Waals surface area contributed by atoms with E-state index in [2.05, 4.69) is 4.98 Å². The van der Waals surface area contributed by atoms with E-state index in [4.69, 9.17) is 5.73 Å². The molecule has 0 atom stereocenters. The van der Waals surface area contributed by atoms with Crippen LogP contribution in [0.25, 0.3) is 23.2 Å². The summed E-state index contributed by atoms with van der Waals surface area (Å²) < 4.78 is 14.2. The number of para-hydroxylation sites is 2. The van der Waals surface area contributed by atoms with E-state index < -0.39 is 11.5 Å². The van der Waals surface area contributed by atoms with Crippen LogP contribution in [0, 0.1) is 5.82 Å². The minimum Gasteiger partial charge on any atom is -0.368 e. The molecule has 0 aliphatic carbocycles. The van der Waals surface area contributed by atoms with Gasteiger partial charge >= 0.3 is 0 Å². The minimum atomic E-state index is -0.609. The monoisotopic (exact) mass is 323 g/mol. The predicted octanol–water partition coefficient (Wildman–Crippen LogP) is 2.19. The van der Waals surface area contributed by atoms with Crippen molar-refractivity contribution in [2.24, 2.45) is 5.73 Å². The van der Waals surface area contributed by atoms with Gasteiger partial charge in [-0.15, -0.1) is 0 Å². The van der Waals surface area contributed by atoms with Gasteiger partial charge in [-0.1, -0.05) is 30.3 Å². The van der Waals surface area contributed by atoms with Crippen LogP contribution in [0.4, 0.5) is 4.39 Å². The van der Waals surface area contributed by atoms with Crippen LogP contribution >= 0.6 is 0 Å². The topological polar surface area (TPSA) is 78.0 Å². The highest BCUT2D eigenvalue weighted by atomic mass is 19.1. The van der Waals surface area contributed by atoms with Crippen LogP contribution in [0.15, 0.2) is 53.3 Å². The quantitative estimate of drug-likeness (QED) is 0.799. The molecule has 2 aromatic carbocycles. The largest absolute Gasteiger partial charge is 0.368 e. The van der Waals surface area contributed by atoms with E-state index in [9.17, 15) is 14.0 Å². The van der Waals surface area contributed by atoms with E-state index in [0.717, 1.165) is 5.56 Å². The number of hydrogen-bond donors (Lipinski definition) is 1. The maximum atomic E-state index is 12.9. The number of aromatic nitrogens is 2. The second kappa shape index (κ2) is 6.45. The van der Waals surface area contributed by atoms with Gasteiger partial charge in [0.1, 0.15) is 18.1 Å². The van der Waals surface area contributed by atoms with Gasteiger partial charge in [-0.05, 0) is 35.9 Å². The Morgan fingerprint density at radius 2 is 1.83 bits per heavy atom. The molecule has 2 N–H and O–H groups in total. The summed E-state index contributed by atoms with van der Waals surface area (Å²) >= 11 is 0. The standard InChI is InChI=1S/C18H14FN3O2/c19-13-8-5-12(6-9-13)7-10-15-18(24)22(11-17(20)23)16-4-2-1-3-14(16)21-15/h1-10H,11H2,(H2,20,23)/b10-7+. The van der Waals surface area contributed by atoms with Crippen LogP contribution in [0.1, 0.15) is 11.3 Å². The van der Waals surface area contributed by atoms with E-state index in [-0.39, 0.29) is 18.1 Å². The second-order valence-corrected chi connectivity index (χ2v) is 5.23. The fourth-order valence-electron chi connectivity index (χ4n) is 2.38. The zero-order valence-electron chi connectivity index (χ0n) is 12.6. The number of primary amides is 1. The molecule has 6 heteroatoms. The van der Waals surface area contributed by atoms with Crippen LogP contribution in [0.3, 0.4) is 0 Å². The van der Waals surface area contributed by atoms with Crippen molar-refractivity contribution in [3.63, 3.8) is 0 Å². The van der Waals surface area contributed by atoms with Gasteiger partial charge in [0.15, 0.2) is 0 Å². The van der Waals surface area contributed by atoms with Gasteiger partial charge in [-0.3, -0.25) is 14.2 Å². The average Bonchev–Trinajstić information content (AvgIpc) is 2.57. The van der Waals surface area contributed by atoms with E-state index in [1.165, 1.54) is 16.7 Å². The van der Waals surface area contributed by atoms with Crippen LogP contribution in [0.2, 0.25) is 0 Å². The molecule has 5 nitrogen and oxygen atoms in total. The molecule has 0 spiro atoms. The Morgan fingerprint density at radius 3 is 2.54 bits per heavy atom. The molecule has 0 unspecified atom stereocenters. The Bertz CT molecular complexity index is 991. The number of fused-ring (bicyclic) bond motifs is 1. The van der Waals surface area contributed by atoms with Crippen molar-refractivity contribution in [2.45, 2.75) is 6.54 Å². The van der Waals surface area contributed by atoms with Gasteiger partial charge in [0.05, 0.1) is 11.0 Å². The summed E-state index contributed by atoms with van der Waals surface area (Å²) in [4.78, 5) is 28.2. The molecule has 1 amide bonds. The molecule has 0 radical (unpaired) electrons. The molecule has 0 saturated carbocycles. The van der Waals surface area contributed by atoms with Crippen LogP contribution in [-0.4, -0.2) is 15.5 Å². The molecule has 0 aliphatic heterocycles. The van der Waals surface area contributed by atoms with Gasteiger partial charge in [-0.2, -0.15) is 0 Å². The first-order valence-electron chi connectivity index (χ1n) is 7.26. The molecule has 1 aromatic heterocycles. The Kier molecular flexibility index (Phi) is 4.20. The average molecular weight is 323 g/mol. The molecule has 0 bridgehead atoms. The molecular weight excluding hydrogens is 309 g/mol. The van der Waals surface area contributed by atoms with E-state index in [0.29, 0.717) is 11.0 Å². The lowest BCUT2D eigenvalue weighted by Crippen LogP contribution is -2.30. The number of halogens is 1. The second-order valence-electron chi connectivity index (χ2n) is 5.23. The number of nitrogens with zero attached hydrogens (tertiary/aromatic N) is 2. The van der Waals surface area contributed by atoms with Gasteiger partial charge < -0.3 is 5.73 Å². The minimum absolute atomic E-state index is 0.180. The SMILES string of the molecule is NC(=O)Cn1c(=O)c(/C=C/c2ccc(F)cc2)nc2ccccc21. The van der Waals surface area contributed by atoms with E-state index >= 15 is 0 Å². The zero-order chi connectivity index (χ0) is 17.1. The highest BCUT2D eigenvalue weighted by Crippen LogP contribution is 2.12. The first-order chi connectivity index (χ1) is 11.5. The number of rotatable bonds is 4. The fraction of sp³-hybridized carbons (Fsp3) is 0.0556. The van der Waals surface area contributed by atoms with Crippen molar-refractivity contribution in [2.75, 3.05) is 0 Å². The Balaban J connectivity index is 2.10. The molecule has 24 heavy (non-hydrogen) atoms. The van der Waals surface area contributed by atoms with Crippen molar-refractivity contribution < 1.29 is 9.18 Å². The maximum Gasteiger partial charge on any atom is 0.277 e. The third kappa shape index (κ3) is 3.22. The highest BCUT2D eigenvalue weighted by molar-refractivity contribution is 5.80. The van der Waals surface area contributed by atoms with Crippen molar-refractivity contribution >= 4 is 29.1 Å². The van der Waals surface area contributed by atoms with Gasteiger partial charge in [0.25, 0.3) is 5.56 Å². The lowest BCUT2D eigenvalue weighted by Gasteiger charge is -2.09. The normalized spacial score (nSPS) is 11.2. The summed E-state index contributed by atoms with van der Waals surface area (Å²) in [5, 5.41) is 0. The summed E-state index contributed by atoms with van der Waals surface area (Å²) in [5.41, 5.74) is 6.86. The Morgan fingerprint density at radius 1 is 1.12 bits per heavy atom. The van der Waals surface area contributed by atoms with E-state index in [1.54, 1.807) is 48.6 Å².